The summed E-state index contributed by atoms with van der Waals surface area (Å²) in [5, 5.41) is 3.98. The smallest absolute Gasteiger partial charge is 0.234 e. The number of anilines is 1. The number of hydrogen-bond donors (Lipinski definition) is 0. The van der Waals surface area contributed by atoms with E-state index < -0.39 is 0 Å². The average Bonchev–Trinajstić information content (AvgIpc) is 3.03. The summed E-state index contributed by atoms with van der Waals surface area (Å²) >= 11 is 0. The van der Waals surface area contributed by atoms with E-state index in [4.69, 9.17) is 4.52 Å². The molecule has 1 aromatic carbocycles. The fraction of sp³-hybridized carbons (Fsp3) is 0.167. The summed E-state index contributed by atoms with van der Waals surface area (Å²) in [6.07, 6.45) is 0.169. The molecule has 23 heavy (non-hydrogen) atoms. The maximum atomic E-state index is 12.4. The number of likely N-dealkylation sites (N-methyl/N-ethyl adjacent to an activating group) is 1. The topological polar surface area (TPSA) is 59.2 Å². The lowest BCUT2D eigenvalue weighted by Crippen LogP contribution is -2.28. The van der Waals surface area contributed by atoms with Gasteiger partial charge in [-0.15, -0.1) is 0 Å². The molecule has 3 aromatic rings. The average molecular weight is 307 g/mol. The van der Waals surface area contributed by atoms with Crippen LogP contribution in [-0.2, 0) is 11.2 Å². The molecule has 0 aliphatic heterocycles. The Hall–Kier alpha value is -2.95. The maximum Gasteiger partial charge on any atom is 0.234 e. The summed E-state index contributed by atoms with van der Waals surface area (Å²) < 4.78 is 5.32. The molecule has 0 fully saturated rings. The number of nitrogens with zero attached hydrogens (tertiary/aromatic N) is 3. The van der Waals surface area contributed by atoms with Crippen LogP contribution in [0.4, 0.5) is 5.82 Å². The van der Waals surface area contributed by atoms with E-state index >= 15 is 0 Å². The quantitative estimate of drug-likeness (QED) is 0.742. The van der Waals surface area contributed by atoms with E-state index in [1.807, 2.05) is 55.5 Å². The maximum absolute atomic E-state index is 12.4. The zero-order chi connectivity index (χ0) is 16.2. The summed E-state index contributed by atoms with van der Waals surface area (Å²) in [7, 11) is 1.71. The number of amides is 1. The van der Waals surface area contributed by atoms with Crippen molar-refractivity contribution in [2.24, 2.45) is 0 Å². The predicted molar refractivity (Wildman–Crippen MR) is 88.0 cm³/mol. The molecule has 0 saturated carbocycles. The van der Waals surface area contributed by atoms with Crippen molar-refractivity contribution >= 4 is 11.7 Å². The van der Waals surface area contributed by atoms with E-state index in [1.54, 1.807) is 13.1 Å². The van der Waals surface area contributed by atoms with Crippen LogP contribution in [0.2, 0.25) is 0 Å². The van der Waals surface area contributed by atoms with Gasteiger partial charge >= 0.3 is 0 Å². The summed E-state index contributed by atoms with van der Waals surface area (Å²) in [6, 6.07) is 17.1. The van der Waals surface area contributed by atoms with Crippen LogP contribution in [0.25, 0.3) is 11.3 Å². The van der Waals surface area contributed by atoms with Gasteiger partial charge in [-0.2, -0.15) is 0 Å². The first kappa shape index (κ1) is 15.0. The van der Waals surface area contributed by atoms with Gasteiger partial charge in [-0.1, -0.05) is 41.6 Å². The van der Waals surface area contributed by atoms with Crippen LogP contribution in [0.5, 0.6) is 0 Å². The van der Waals surface area contributed by atoms with Crippen LogP contribution in [0, 0.1) is 6.92 Å². The molecular formula is C18H17N3O2. The van der Waals surface area contributed by atoms with Crippen LogP contribution in [0.3, 0.4) is 0 Å². The minimum absolute atomic E-state index is 0.0870. The Morgan fingerprint density at radius 3 is 2.65 bits per heavy atom. The molecule has 5 heteroatoms. The van der Waals surface area contributed by atoms with Crippen molar-refractivity contribution in [3.63, 3.8) is 0 Å². The van der Waals surface area contributed by atoms with E-state index in [0.717, 1.165) is 11.3 Å². The van der Waals surface area contributed by atoms with E-state index in [2.05, 4.69) is 10.1 Å². The van der Waals surface area contributed by atoms with Gasteiger partial charge in [0.15, 0.2) is 5.76 Å². The fourth-order valence-electron chi connectivity index (χ4n) is 2.25. The van der Waals surface area contributed by atoms with Gasteiger partial charge in [0.2, 0.25) is 5.91 Å². The lowest BCUT2D eigenvalue weighted by Gasteiger charge is -2.15. The Morgan fingerprint density at radius 2 is 1.91 bits per heavy atom. The zero-order valence-corrected chi connectivity index (χ0v) is 13.1. The van der Waals surface area contributed by atoms with Gasteiger partial charge in [0.05, 0.1) is 12.1 Å². The molecule has 2 aromatic heterocycles. The second-order valence-electron chi connectivity index (χ2n) is 5.32. The van der Waals surface area contributed by atoms with Crippen molar-refractivity contribution in [3.8, 4) is 11.3 Å². The van der Waals surface area contributed by atoms with Crippen LogP contribution in [0.1, 0.15) is 11.4 Å². The highest BCUT2D eigenvalue weighted by molar-refractivity contribution is 5.93. The molecule has 0 spiro atoms. The number of aromatic nitrogens is 2. The Bertz CT molecular complexity index is 812. The molecule has 3 rings (SSSR count). The molecule has 0 atom stereocenters. The molecule has 0 N–H and O–H groups in total. The van der Waals surface area contributed by atoms with E-state index in [1.165, 1.54) is 4.90 Å². The molecule has 1 amide bonds. The number of carbonyl (C=O) groups is 1. The first-order valence-corrected chi connectivity index (χ1v) is 7.35. The van der Waals surface area contributed by atoms with E-state index in [-0.39, 0.29) is 12.3 Å². The minimum atomic E-state index is -0.0870. The third-order valence-electron chi connectivity index (χ3n) is 3.54. The van der Waals surface area contributed by atoms with Crippen molar-refractivity contribution in [1.82, 2.24) is 10.1 Å². The van der Waals surface area contributed by atoms with Gasteiger partial charge in [-0.25, -0.2) is 4.98 Å². The van der Waals surface area contributed by atoms with Crippen LogP contribution < -0.4 is 4.90 Å². The van der Waals surface area contributed by atoms with Gasteiger partial charge in [0.1, 0.15) is 5.82 Å². The van der Waals surface area contributed by atoms with Crippen LogP contribution in [0.15, 0.2) is 59.1 Å². The lowest BCUT2D eigenvalue weighted by molar-refractivity contribution is -0.117. The standard InChI is InChI=1S/C18H17N3O2/c1-13-7-6-10-17(19-13)21(2)18(22)12-15-11-16(23-20-15)14-8-4-3-5-9-14/h3-11H,12H2,1-2H3. The van der Waals surface area contributed by atoms with E-state index in [9.17, 15) is 4.79 Å². The van der Waals surface area contributed by atoms with Crippen molar-refractivity contribution in [3.05, 3.63) is 66.0 Å². The van der Waals surface area contributed by atoms with Crippen molar-refractivity contribution in [1.29, 1.82) is 0 Å². The molecule has 2 heterocycles. The number of hydrogen-bond acceptors (Lipinski definition) is 4. The van der Waals surface area contributed by atoms with Gasteiger partial charge in [-0.3, -0.25) is 9.69 Å². The first-order valence-electron chi connectivity index (χ1n) is 7.35. The molecule has 0 saturated heterocycles. The molecule has 0 radical (unpaired) electrons. The normalized spacial score (nSPS) is 10.5. The number of pyridine rings is 1. The van der Waals surface area contributed by atoms with Gasteiger partial charge in [0, 0.05) is 24.4 Å². The largest absolute Gasteiger partial charge is 0.356 e. The Labute approximate surface area is 134 Å². The number of rotatable bonds is 4. The minimum Gasteiger partial charge on any atom is -0.356 e. The molecule has 0 aliphatic carbocycles. The fourth-order valence-corrected chi connectivity index (χ4v) is 2.25. The number of aryl methyl sites for hydroxylation is 1. The number of carbonyl (C=O) groups excluding carboxylic acids is 1. The third kappa shape index (κ3) is 3.45. The molecule has 116 valence electrons. The second kappa shape index (κ2) is 6.44. The molecule has 5 nitrogen and oxygen atoms in total. The SMILES string of the molecule is Cc1cccc(N(C)C(=O)Cc2cc(-c3ccccc3)on2)n1. The molecule has 0 aliphatic rings. The van der Waals surface area contributed by atoms with Gasteiger partial charge in [0.25, 0.3) is 0 Å². The predicted octanol–water partition coefficient (Wildman–Crippen LogP) is 3.25. The Morgan fingerprint density at radius 1 is 1.13 bits per heavy atom. The summed E-state index contributed by atoms with van der Waals surface area (Å²) in [5.74, 6) is 1.20. The van der Waals surface area contributed by atoms with Crippen LogP contribution >= 0.6 is 0 Å². The molecule has 0 unspecified atom stereocenters. The molecular weight excluding hydrogens is 290 g/mol. The van der Waals surface area contributed by atoms with Gasteiger partial charge < -0.3 is 4.52 Å². The van der Waals surface area contributed by atoms with Crippen molar-refractivity contribution < 1.29 is 9.32 Å². The number of benzene rings is 1. The molecule has 0 bridgehead atoms. The summed E-state index contributed by atoms with van der Waals surface area (Å²) in [6.45, 7) is 1.89. The van der Waals surface area contributed by atoms with Crippen LogP contribution in [-0.4, -0.2) is 23.1 Å². The summed E-state index contributed by atoms with van der Waals surface area (Å²) in [5.41, 5.74) is 2.41. The lowest BCUT2D eigenvalue weighted by atomic mass is 10.1. The Balaban J connectivity index is 1.72. The Kier molecular flexibility index (Phi) is 4.19. The summed E-state index contributed by atoms with van der Waals surface area (Å²) in [4.78, 5) is 18.3. The van der Waals surface area contributed by atoms with Crippen molar-refractivity contribution in [2.75, 3.05) is 11.9 Å². The zero-order valence-electron chi connectivity index (χ0n) is 13.1. The van der Waals surface area contributed by atoms with Crippen molar-refractivity contribution in [2.45, 2.75) is 13.3 Å². The monoisotopic (exact) mass is 307 g/mol. The van der Waals surface area contributed by atoms with Gasteiger partial charge in [-0.05, 0) is 19.1 Å². The highest BCUT2D eigenvalue weighted by atomic mass is 16.5. The second-order valence-corrected chi connectivity index (χ2v) is 5.32. The first-order chi connectivity index (χ1) is 11.1. The highest BCUT2D eigenvalue weighted by Gasteiger charge is 2.16. The van der Waals surface area contributed by atoms with E-state index in [0.29, 0.717) is 17.3 Å². The third-order valence-corrected chi connectivity index (χ3v) is 3.54. The highest BCUT2D eigenvalue weighted by Crippen LogP contribution is 2.20.